The molecule has 1 aliphatic carbocycles. The Bertz CT molecular complexity index is 396. The van der Waals surface area contributed by atoms with Crippen LogP contribution >= 0.6 is 0 Å². The molecule has 0 saturated carbocycles. The SMILES string of the molecule is COC(=O)C(C(C)=O)C1=C(N2CCOCC2)CCC1. The predicted octanol–water partition coefficient (Wildman–Crippen LogP) is 1.13. The maximum absolute atomic E-state index is 11.8. The third kappa shape index (κ3) is 2.97. The molecular weight excluding hydrogens is 246 g/mol. The lowest BCUT2D eigenvalue weighted by Gasteiger charge is -2.31. The molecule has 0 N–H and O–H groups in total. The zero-order valence-corrected chi connectivity index (χ0v) is 11.6. The van der Waals surface area contributed by atoms with Gasteiger partial charge < -0.3 is 14.4 Å². The number of carbonyl (C=O) groups is 2. The highest BCUT2D eigenvalue weighted by molar-refractivity contribution is 6.01. The average Bonchev–Trinajstić information content (AvgIpc) is 2.88. The lowest BCUT2D eigenvalue weighted by atomic mass is 9.93. The number of ketones is 1. The molecule has 0 spiro atoms. The van der Waals surface area contributed by atoms with E-state index < -0.39 is 11.9 Å². The number of hydrogen-bond donors (Lipinski definition) is 0. The van der Waals surface area contributed by atoms with Crippen molar-refractivity contribution in [1.82, 2.24) is 4.90 Å². The molecule has 0 aromatic rings. The van der Waals surface area contributed by atoms with Crippen molar-refractivity contribution in [2.45, 2.75) is 26.2 Å². The molecule has 106 valence electrons. The number of rotatable bonds is 4. The second kappa shape index (κ2) is 6.19. The largest absolute Gasteiger partial charge is 0.468 e. The molecule has 0 radical (unpaired) electrons. The summed E-state index contributed by atoms with van der Waals surface area (Å²) in [4.78, 5) is 25.9. The van der Waals surface area contributed by atoms with Gasteiger partial charge >= 0.3 is 5.97 Å². The quantitative estimate of drug-likeness (QED) is 0.564. The zero-order chi connectivity index (χ0) is 13.8. The van der Waals surface area contributed by atoms with Crippen LogP contribution < -0.4 is 0 Å². The Morgan fingerprint density at radius 3 is 2.53 bits per heavy atom. The van der Waals surface area contributed by atoms with Gasteiger partial charge in [0.1, 0.15) is 11.7 Å². The predicted molar refractivity (Wildman–Crippen MR) is 69.5 cm³/mol. The Morgan fingerprint density at radius 1 is 1.26 bits per heavy atom. The van der Waals surface area contributed by atoms with E-state index in [2.05, 4.69) is 4.90 Å². The molecule has 1 heterocycles. The second-order valence-corrected chi connectivity index (χ2v) is 4.99. The van der Waals surface area contributed by atoms with E-state index in [-0.39, 0.29) is 5.78 Å². The van der Waals surface area contributed by atoms with E-state index in [0.29, 0.717) is 13.2 Å². The van der Waals surface area contributed by atoms with Crippen LogP contribution in [-0.4, -0.2) is 50.1 Å². The molecule has 0 aromatic heterocycles. The normalized spacial score (nSPS) is 21.5. The maximum atomic E-state index is 11.8. The Hall–Kier alpha value is -1.36. The average molecular weight is 267 g/mol. The summed E-state index contributed by atoms with van der Waals surface area (Å²) in [6, 6.07) is 0. The van der Waals surface area contributed by atoms with Crippen LogP contribution in [0.5, 0.6) is 0 Å². The summed E-state index contributed by atoms with van der Waals surface area (Å²) in [5.74, 6) is -1.28. The van der Waals surface area contributed by atoms with Gasteiger partial charge in [0.15, 0.2) is 0 Å². The molecule has 0 amide bonds. The highest BCUT2D eigenvalue weighted by atomic mass is 16.5. The van der Waals surface area contributed by atoms with Gasteiger partial charge in [-0.2, -0.15) is 0 Å². The van der Waals surface area contributed by atoms with E-state index in [9.17, 15) is 9.59 Å². The number of hydrogen-bond acceptors (Lipinski definition) is 5. The van der Waals surface area contributed by atoms with Crippen molar-refractivity contribution in [2.75, 3.05) is 33.4 Å². The lowest BCUT2D eigenvalue weighted by Crippen LogP contribution is -2.37. The molecule has 1 unspecified atom stereocenters. The van der Waals surface area contributed by atoms with Crippen LogP contribution in [0.25, 0.3) is 0 Å². The van der Waals surface area contributed by atoms with Crippen molar-refractivity contribution < 1.29 is 19.1 Å². The van der Waals surface area contributed by atoms with Crippen LogP contribution in [0.3, 0.4) is 0 Å². The Morgan fingerprint density at radius 2 is 1.95 bits per heavy atom. The molecule has 0 aromatic carbocycles. The number of ether oxygens (including phenoxy) is 2. The minimum atomic E-state index is -0.717. The number of nitrogens with zero attached hydrogens (tertiary/aromatic N) is 1. The zero-order valence-electron chi connectivity index (χ0n) is 11.6. The third-order valence-corrected chi connectivity index (χ3v) is 3.82. The van der Waals surface area contributed by atoms with Gasteiger partial charge in [0.2, 0.25) is 0 Å². The fourth-order valence-corrected chi connectivity index (χ4v) is 2.93. The summed E-state index contributed by atoms with van der Waals surface area (Å²) in [6.45, 7) is 4.55. The van der Waals surface area contributed by atoms with Gasteiger partial charge in [-0.3, -0.25) is 9.59 Å². The van der Waals surface area contributed by atoms with E-state index in [1.54, 1.807) is 0 Å². The van der Waals surface area contributed by atoms with E-state index in [1.807, 2.05) is 0 Å². The fourth-order valence-electron chi connectivity index (χ4n) is 2.93. The highest BCUT2D eigenvalue weighted by Crippen LogP contribution is 2.35. The first kappa shape index (κ1) is 14.1. The fraction of sp³-hybridized carbons (Fsp3) is 0.714. The summed E-state index contributed by atoms with van der Waals surface area (Å²) in [5, 5.41) is 0. The van der Waals surface area contributed by atoms with Crippen molar-refractivity contribution in [2.24, 2.45) is 5.92 Å². The van der Waals surface area contributed by atoms with E-state index in [0.717, 1.165) is 43.6 Å². The van der Waals surface area contributed by atoms with Gasteiger partial charge in [0.25, 0.3) is 0 Å². The van der Waals surface area contributed by atoms with Crippen LogP contribution in [0.15, 0.2) is 11.3 Å². The summed E-state index contributed by atoms with van der Waals surface area (Å²) in [5.41, 5.74) is 2.12. The third-order valence-electron chi connectivity index (χ3n) is 3.82. The number of carbonyl (C=O) groups excluding carboxylic acids is 2. The molecule has 1 fully saturated rings. The number of esters is 1. The standard InChI is InChI=1S/C14H21NO4/c1-10(16)13(14(17)18-2)11-4-3-5-12(11)15-6-8-19-9-7-15/h13H,3-9H2,1-2H3. The Labute approximate surface area is 113 Å². The van der Waals surface area contributed by atoms with Gasteiger partial charge in [0, 0.05) is 18.8 Å². The van der Waals surface area contributed by atoms with Gasteiger partial charge in [-0.1, -0.05) is 0 Å². The monoisotopic (exact) mass is 267 g/mol. The van der Waals surface area contributed by atoms with Crippen molar-refractivity contribution in [3.8, 4) is 0 Å². The van der Waals surface area contributed by atoms with Gasteiger partial charge in [-0.25, -0.2) is 0 Å². The first-order valence-corrected chi connectivity index (χ1v) is 6.78. The molecule has 2 rings (SSSR count). The van der Waals surface area contributed by atoms with Crippen molar-refractivity contribution in [3.63, 3.8) is 0 Å². The molecule has 1 aliphatic heterocycles. The van der Waals surface area contributed by atoms with Crippen LogP contribution in [0.1, 0.15) is 26.2 Å². The molecule has 5 heteroatoms. The summed E-state index contributed by atoms with van der Waals surface area (Å²) in [6.07, 6.45) is 2.75. The summed E-state index contributed by atoms with van der Waals surface area (Å²) >= 11 is 0. The molecule has 2 aliphatic rings. The van der Waals surface area contributed by atoms with Crippen molar-refractivity contribution in [1.29, 1.82) is 0 Å². The number of methoxy groups -OCH3 is 1. The van der Waals surface area contributed by atoms with Gasteiger partial charge in [-0.15, -0.1) is 0 Å². The number of Topliss-reactive ketones (excluding diaryl/α,β-unsaturated/α-hetero) is 1. The first-order valence-electron chi connectivity index (χ1n) is 6.78. The Balaban J connectivity index is 2.26. The molecule has 5 nitrogen and oxygen atoms in total. The summed E-state index contributed by atoms with van der Waals surface area (Å²) in [7, 11) is 1.34. The summed E-state index contributed by atoms with van der Waals surface area (Å²) < 4.78 is 10.1. The topological polar surface area (TPSA) is 55.8 Å². The molecule has 1 atom stereocenters. The number of morpholine rings is 1. The minimum Gasteiger partial charge on any atom is -0.468 e. The first-order chi connectivity index (χ1) is 9.15. The van der Waals surface area contributed by atoms with Crippen molar-refractivity contribution >= 4 is 11.8 Å². The van der Waals surface area contributed by atoms with Crippen LogP contribution in [0.4, 0.5) is 0 Å². The molecule has 19 heavy (non-hydrogen) atoms. The number of allylic oxidation sites excluding steroid dienone is 1. The minimum absolute atomic E-state index is 0.130. The second-order valence-electron chi connectivity index (χ2n) is 4.99. The lowest BCUT2D eigenvalue weighted by molar-refractivity contribution is -0.147. The molecule has 1 saturated heterocycles. The van der Waals surface area contributed by atoms with Gasteiger partial charge in [0.05, 0.1) is 20.3 Å². The van der Waals surface area contributed by atoms with Gasteiger partial charge in [-0.05, 0) is 31.8 Å². The molecule has 0 bridgehead atoms. The van der Waals surface area contributed by atoms with Crippen LogP contribution in [0.2, 0.25) is 0 Å². The van der Waals surface area contributed by atoms with Crippen LogP contribution in [-0.2, 0) is 19.1 Å². The Kier molecular flexibility index (Phi) is 4.58. The van der Waals surface area contributed by atoms with E-state index in [1.165, 1.54) is 14.0 Å². The maximum Gasteiger partial charge on any atom is 0.320 e. The van der Waals surface area contributed by atoms with E-state index >= 15 is 0 Å². The van der Waals surface area contributed by atoms with Crippen molar-refractivity contribution in [3.05, 3.63) is 11.3 Å². The van der Waals surface area contributed by atoms with Crippen LogP contribution in [0, 0.1) is 5.92 Å². The molecular formula is C14H21NO4. The van der Waals surface area contributed by atoms with E-state index in [4.69, 9.17) is 9.47 Å². The highest BCUT2D eigenvalue weighted by Gasteiger charge is 2.34. The smallest absolute Gasteiger partial charge is 0.320 e.